The number of aliphatic hydroxyl groups is 1. The van der Waals surface area contributed by atoms with Crippen LogP contribution in [0.15, 0.2) is 17.1 Å². The van der Waals surface area contributed by atoms with E-state index in [-0.39, 0.29) is 19.0 Å². The van der Waals surface area contributed by atoms with Gasteiger partial charge in [-0.05, 0) is 6.07 Å². The van der Waals surface area contributed by atoms with E-state index in [1.807, 2.05) is 0 Å². The van der Waals surface area contributed by atoms with Crippen LogP contribution in [0.2, 0.25) is 0 Å². The van der Waals surface area contributed by atoms with Gasteiger partial charge in [-0.25, -0.2) is 4.79 Å². The van der Waals surface area contributed by atoms with E-state index >= 15 is 0 Å². The highest BCUT2D eigenvalue weighted by atomic mass is 16.6. The minimum absolute atomic E-state index is 0.156. The number of aromatic nitrogens is 2. The zero-order chi connectivity index (χ0) is 12.5. The molecule has 2 rings (SSSR count). The summed E-state index contributed by atoms with van der Waals surface area (Å²) in [6.07, 6.45) is 1.44. The van der Waals surface area contributed by atoms with Gasteiger partial charge >= 0.3 is 5.69 Å². The van der Waals surface area contributed by atoms with Crippen molar-refractivity contribution < 1.29 is 14.6 Å². The third-order valence-electron chi connectivity index (χ3n) is 2.97. The molecule has 2 atom stereocenters. The Hall–Kier alpha value is -1.44. The quantitative estimate of drug-likeness (QED) is 0.713. The largest absolute Gasteiger partial charge is 0.393 e. The van der Waals surface area contributed by atoms with Crippen LogP contribution in [-0.2, 0) is 9.47 Å². The molecule has 1 saturated heterocycles. The molecule has 0 radical (unpaired) electrons. The van der Waals surface area contributed by atoms with Crippen LogP contribution >= 0.6 is 0 Å². The molecular weight excluding hydrogens is 226 g/mol. The van der Waals surface area contributed by atoms with Crippen molar-refractivity contribution in [2.24, 2.45) is 0 Å². The first-order valence-corrected chi connectivity index (χ1v) is 5.22. The molecule has 7 nitrogen and oxygen atoms in total. The molecule has 0 unspecified atom stereocenters. The van der Waals surface area contributed by atoms with Gasteiger partial charge in [-0.2, -0.15) is 4.98 Å². The number of hydrogen-bond donors (Lipinski definition) is 2. The highest BCUT2D eigenvalue weighted by Gasteiger charge is 2.41. The van der Waals surface area contributed by atoms with Gasteiger partial charge in [0.15, 0.2) is 0 Å². The molecule has 1 aliphatic rings. The summed E-state index contributed by atoms with van der Waals surface area (Å²) in [5.41, 5.74) is 4.18. The van der Waals surface area contributed by atoms with Gasteiger partial charge in [0.1, 0.15) is 17.6 Å². The minimum atomic E-state index is -0.745. The highest BCUT2D eigenvalue weighted by Crippen LogP contribution is 2.32. The molecule has 7 heteroatoms. The maximum atomic E-state index is 11.6. The van der Waals surface area contributed by atoms with E-state index in [1.54, 1.807) is 0 Å². The molecule has 1 aromatic heterocycles. The lowest BCUT2D eigenvalue weighted by Gasteiger charge is -2.22. The van der Waals surface area contributed by atoms with E-state index in [0.29, 0.717) is 6.42 Å². The second kappa shape index (κ2) is 4.44. The zero-order valence-electron chi connectivity index (χ0n) is 9.50. The molecule has 1 aliphatic heterocycles. The maximum absolute atomic E-state index is 11.6. The number of ether oxygens (including phenoxy) is 2. The van der Waals surface area contributed by atoms with E-state index < -0.39 is 17.5 Å². The summed E-state index contributed by atoms with van der Waals surface area (Å²) in [6.45, 7) is 0.0820. The Morgan fingerprint density at radius 3 is 3.12 bits per heavy atom. The van der Waals surface area contributed by atoms with Crippen molar-refractivity contribution in [2.75, 3.05) is 26.1 Å². The Kier molecular flexibility index (Phi) is 3.14. The Morgan fingerprint density at radius 1 is 1.82 bits per heavy atom. The lowest BCUT2D eigenvalue weighted by molar-refractivity contribution is -0.0557. The molecule has 0 aromatic carbocycles. The van der Waals surface area contributed by atoms with Gasteiger partial charge < -0.3 is 20.3 Å². The van der Waals surface area contributed by atoms with E-state index in [0.717, 1.165) is 0 Å². The molecule has 0 spiro atoms. The SMILES string of the molecule is CO[C@@]1(CO)CO[C@H](n2ccc(N)nc2=O)C1. The molecule has 2 heterocycles. The molecule has 0 aliphatic carbocycles. The summed E-state index contributed by atoms with van der Waals surface area (Å²) >= 11 is 0. The summed E-state index contributed by atoms with van der Waals surface area (Å²) < 4.78 is 12.0. The topological polar surface area (TPSA) is 99.6 Å². The van der Waals surface area contributed by atoms with Crippen LogP contribution in [0.25, 0.3) is 0 Å². The summed E-state index contributed by atoms with van der Waals surface area (Å²) in [6, 6.07) is 1.52. The third kappa shape index (κ3) is 2.17. The predicted octanol–water partition coefficient (Wildman–Crippen LogP) is -0.878. The number of rotatable bonds is 3. The zero-order valence-corrected chi connectivity index (χ0v) is 9.50. The molecule has 3 N–H and O–H groups in total. The van der Waals surface area contributed by atoms with E-state index in [1.165, 1.54) is 23.9 Å². The fourth-order valence-electron chi connectivity index (χ4n) is 1.82. The predicted molar refractivity (Wildman–Crippen MR) is 59.3 cm³/mol. The van der Waals surface area contributed by atoms with Crippen molar-refractivity contribution >= 4 is 5.82 Å². The van der Waals surface area contributed by atoms with Crippen molar-refractivity contribution in [2.45, 2.75) is 18.2 Å². The summed E-state index contributed by atoms with van der Waals surface area (Å²) in [4.78, 5) is 15.2. The standard InChI is InChI=1S/C10H15N3O4/c1-16-10(5-14)4-8(17-6-10)13-3-2-7(11)12-9(13)15/h2-3,8,14H,4-6H2,1H3,(H2,11,12,15)/t8-,10-/m0/s1. The fraction of sp³-hybridized carbons (Fsp3) is 0.600. The lowest BCUT2D eigenvalue weighted by Crippen LogP contribution is -2.36. The highest BCUT2D eigenvalue weighted by molar-refractivity contribution is 5.23. The molecule has 0 bridgehead atoms. The molecule has 94 valence electrons. The average molecular weight is 241 g/mol. The molecule has 0 saturated carbocycles. The van der Waals surface area contributed by atoms with Crippen LogP contribution in [0.3, 0.4) is 0 Å². The third-order valence-corrected chi connectivity index (χ3v) is 2.97. The molecular formula is C10H15N3O4. The number of nitrogens with zero attached hydrogens (tertiary/aromatic N) is 2. The number of anilines is 1. The molecule has 1 aromatic rings. The van der Waals surface area contributed by atoms with Gasteiger partial charge in [0.25, 0.3) is 0 Å². The van der Waals surface area contributed by atoms with Gasteiger partial charge in [-0.15, -0.1) is 0 Å². The second-order valence-electron chi connectivity index (χ2n) is 4.06. The van der Waals surface area contributed by atoms with Gasteiger partial charge in [-0.3, -0.25) is 4.57 Å². The van der Waals surface area contributed by atoms with Crippen molar-refractivity contribution in [3.05, 3.63) is 22.7 Å². The maximum Gasteiger partial charge on any atom is 0.351 e. The molecule has 0 amide bonds. The number of aliphatic hydroxyl groups excluding tert-OH is 1. The van der Waals surface area contributed by atoms with Gasteiger partial charge in [0, 0.05) is 19.7 Å². The van der Waals surface area contributed by atoms with Crippen LogP contribution in [0.4, 0.5) is 5.82 Å². The second-order valence-corrected chi connectivity index (χ2v) is 4.06. The number of nitrogen functional groups attached to an aromatic ring is 1. The van der Waals surface area contributed by atoms with Crippen LogP contribution in [-0.4, -0.2) is 40.6 Å². The smallest absolute Gasteiger partial charge is 0.351 e. The van der Waals surface area contributed by atoms with Crippen molar-refractivity contribution in [1.29, 1.82) is 0 Å². The Morgan fingerprint density at radius 2 is 2.59 bits per heavy atom. The first kappa shape index (κ1) is 12.0. The summed E-state index contributed by atoms with van der Waals surface area (Å²) in [5, 5.41) is 9.27. The van der Waals surface area contributed by atoms with E-state index in [9.17, 15) is 9.90 Å². The first-order valence-electron chi connectivity index (χ1n) is 5.22. The Labute approximate surface area is 97.8 Å². The Bertz CT molecular complexity index is 455. The average Bonchev–Trinajstić information content (AvgIpc) is 2.74. The van der Waals surface area contributed by atoms with Crippen LogP contribution in [0, 0.1) is 0 Å². The van der Waals surface area contributed by atoms with Gasteiger partial charge in [0.05, 0.1) is 13.2 Å². The van der Waals surface area contributed by atoms with E-state index in [2.05, 4.69) is 4.98 Å². The van der Waals surface area contributed by atoms with Crippen LogP contribution in [0.5, 0.6) is 0 Å². The molecule has 17 heavy (non-hydrogen) atoms. The lowest BCUT2D eigenvalue weighted by atomic mass is 10.0. The number of methoxy groups -OCH3 is 1. The fourth-order valence-corrected chi connectivity index (χ4v) is 1.82. The Balaban J connectivity index is 2.23. The summed E-state index contributed by atoms with van der Waals surface area (Å²) in [7, 11) is 1.51. The monoisotopic (exact) mass is 241 g/mol. The number of nitrogens with two attached hydrogens (primary N) is 1. The normalized spacial score (nSPS) is 28.5. The first-order chi connectivity index (χ1) is 8.10. The van der Waals surface area contributed by atoms with E-state index in [4.69, 9.17) is 15.2 Å². The van der Waals surface area contributed by atoms with Crippen LogP contribution in [0.1, 0.15) is 12.6 Å². The van der Waals surface area contributed by atoms with Crippen molar-refractivity contribution in [1.82, 2.24) is 9.55 Å². The van der Waals surface area contributed by atoms with Crippen molar-refractivity contribution in [3.63, 3.8) is 0 Å². The van der Waals surface area contributed by atoms with Crippen LogP contribution < -0.4 is 11.4 Å². The summed E-state index contributed by atoms with van der Waals surface area (Å²) in [5.74, 6) is 0.171. The van der Waals surface area contributed by atoms with Crippen molar-refractivity contribution in [3.8, 4) is 0 Å². The number of hydrogen-bond acceptors (Lipinski definition) is 6. The van der Waals surface area contributed by atoms with Gasteiger partial charge in [0.2, 0.25) is 0 Å². The minimum Gasteiger partial charge on any atom is -0.393 e. The van der Waals surface area contributed by atoms with Gasteiger partial charge in [-0.1, -0.05) is 0 Å². The molecule has 1 fully saturated rings.